The Balaban J connectivity index is 1.75. The third kappa shape index (κ3) is 3.23. The molecular formula is C20H14F3N5O. The minimum atomic E-state index is -4.44. The highest BCUT2D eigenvalue weighted by Gasteiger charge is 2.35. The molecule has 2 aromatic heterocycles. The van der Waals surface area contributed by atoms with Gasteiger partial charge < -0.3 is 4.90 Å². The summed E-state index contributed by atoms with van der Waals surface area (Å²) in [5.74, 6) is -0.370. The van der Waals surface area contributed by atoms with Gasteiger partial charge in [0.05, 0.1) is 17.8 Å². The van der Waals surface area contributed by atoms with Gasteiger partial charge in [0.15, 0.2) is 0 Å². The molecule has 1 aliphatic heterocycles. The van der Waals surface area contributed by atoms with Crippen molar-refractivity contribution in [3.63, 3.8) is 0 Å². The number of hydrogen-bond donors (Lipinski definition) is 0. The highest BCUT2D eigenvalue weighted by molar-refractivity contribution is 6.09. The van der Waals surface area contributed by atoms with E-state index in [0.29, 0.717) is 22.5 Å². The maximum atomic E-state index is 13.2. The highest BCUT2D eigenvalue weighted by Crippen LogP contribution is 2.34. The molecule has 4 rings (SSSR count). The number of hydrogen-bond acceptors (Lipinski definition) is 4. The average Bonchev–Trinajstić information content (AvgIpc) is 3.16. The van der Waals surface area contributed by atoms with Crippen LogP contribution in [0.5, 0.6) is 0 Å². The maximum Gasteiger partial charge on any atom is 0.416 e. The topological polar surface area (TPSA) is 74.8 Å². The van der Waals surface area contributed by atoms with Crippen LogP contribution in [0.15, 0.2) is 48.8 Å². The number of aromatic nitrogens is 3. The zero-order valence-electron chi connectivity index (χ0n) is 15.2. The van der Waals surface area contributed by atoms with Crippen molar-refractivity contribution in [2.45, 2.75) is 19.1 Å². The van der Waals surface area contributed by atoms with E-state index in [9.17, 15) is 18.0 Å². The molecule has 1 aliphatic rings. The number of nitriles is 1. The van der Waals surface area contributed by atoms with Gasteiger partial charge in [-0.05, 0) is 48.9 Å². The molecule has 29 heavy (non-hydrogen) atoms. The minimum absolute atomic E-state index is 0.184. The monoisotopic (exact) mass is 397 g/mol. The largest absolute Gasteiger partial charge is 0.416 e. The van der Waals surface area contributed by atoms with Crippen molar-refractivity contribution >= 4 is 11.6 Å². The van der Waals surface area contributed by atoms with Gasteiger partial charge in [0.25, 0.3) is 5.91 Å². The molecule has 0 N–H and O–H groups in total. The van der Waals surface area contributed by atoms with Crippen LogP contribution in [0, 0.1) is 11.3 Å². The smallest absolute Gasteiger partial charge is 0.305 e. The lowest BCUT2D eigenvalue weighted by Gasteiger charge is -2.32. The minimum Gasteiger partial charge on any atom is -0.305 e. The van der Waals surface area contributed by atoms with Crippen LogP contribution in [-0.2, 0) is 6.18 Å². The number of carbonyl (C=O) groups is 1. The second kappa shape index (κ2) is 6.74. The van der Waals surface area contributed by atoms with Gasteiger partial charge in [0, 0.05) is 24.0 Å². The van der Waals surface area contributed by atoms with Crippen molar-refractivity contribution in [3.05, 3.63) is 65.7 Å². The Morgan fingerprint density at radius 3 is 2.59 bits per heavy atom. The number of rotatable bonds is 2. The molecule has 0 aliphatic carbocycles. The van der Waals surface area contributed by atoms with E-state index in [1.165, 1.54) is 23.2 Å². The zero-order valence-corrected chi connectivity index (χ0v) is 15.2. The number of benzene rings is 1. The Bertz CT molecular complexity index is 1130. The molecular weight excluding hydrogens is 383 g/mol. The average molecular weight is 397 g/mol. The SMILES string of the molecule is C[C@H]1CN(c2ccc(C(F)(F)F)cc2)C(=O)c2c(-c3ccnc(C#N)c3)cnn21. The fraction of sp³-hybridized carbons (Fsp3) is 0.200. The number of amides is 1. The summed E-state index contributed by atoms with van der Waals surface area (Å²) in [6, 6.07) is 9.51. The van der Waals surface area contributed by atoms with E-state index in [1.54, 1.807) is 23.0 Å². The van der Waals surface area contributed by atoms with Crippen molar-refractivity contribution in [3.8, 4) is 17.2 Å². The lowest BCUT2D eigenvalue weighted by molar-refractivity contribution is -0.137. The predicted octanol–water partition coefficient (Wildman–Crippen LogP) is 4.06. The number of alkyl halides is 3. The number of fused-ring (bicyclic) bond motifs is 1. The van der Waals surface area contributed by atoms with E-state index in [2.05, 4.69) is 10.1 Å². The molecule has 0 fully saturated rings. The Morgan fingerprint density at radius 1 is 1.21 bits per heavy atom. The molecule has 146 valence electrons. The number of carbonyl (C=O) groups excluding carboxylic acids is 1. The summed E-state index contributed by atoms with van der Waals surface area (Å²) < 4.78 is 40.1. The molecule has 3 heterocycles. The number of pyridine rings is 1. The van der Waals surface area contributed by atoms with E-state index < -0.39 is 11.7 Å². The quantitative estimate of drug-likeness (QED) is 0.654. The first kappa shape index (κ1) is 18.7. The first-order chi connectivity index (χ1) is 13.8. The summed E-state index contributed by atoms with van der Waals surface area (Å²) in [7, 11) is 0. The molecule has 0 bridgehead atoms. The number of nitrogens with zero attached hydrogens (tertiary/aromatic N) is 5. The maximum absolute atomic E-state index is 13.2. The predicted molar refractivity (Wildman–Crippen MR) is 98.0 cm³/mol. The van der Waals surface area contributed by atoms with Crippen LogP contribution in [0.2, 0.25) is 0 Å². The van der Waals surface area contributed by atoms with E-state index in [0.717, 1.165) is 12.1 Å². The van der Waals surface area contributed by atoms with Gasteiger partial charge in [0.2, 0.25) is 0 Å². The van der Waals surface area contributed by atoms with Crippen molar-refractivity contribution in [1.82, 2.24) is 14.8 Å². The summed E-state index contributed by atoms with van der Waals surface area (Å²) >= 11 is 0. The zero-order chi connectivity index (χ0) is 20.8. The van der Waals surface area contributed by atoms with Crippen LogP contribution in [-0.4, -0.2) is 27.2 Å². The number of halogens is 3. The van der Waals surface area contributed by atoms with E-state index in [1.807, 2.05) is 13.0 Å². The summed E-state index contributed by atoms with van der Waals surface area (Å²) in [6.07, 6.45) is -1.41. The van der Waals surface area contributed by atoms with Crippen LogP contribution < -0.4 is 4.90 Å². The first-order valence-corrected chi connectivity index (χ1v) is 8.72. The van der Waals surface area contributed by atoms with Crippen molar-refractivity contribution in [2.75, 3.05) is 11.4 Å². The molecule has 0 radical (unpaired) electrons. The molecule has 3 aromatic rings. The summed E-state index contributed by atoms with van der Waals surface area (Å²) in [5, 5.41) is 13.4. The standard InChI is InChI=1S/C20H14F3N5O/c1-12-11-27(16-4-2-14(3-5-16)20(21,22)23)19(29)18-17(10-26-28(12)18)13-6-7-25-15(8-13)9-24/h2-8,10,12H,11H2,1H3/t12-/m0/s1. The van der Waals surface area contributed by atoms with Gasteiger partial charge in [0.1, 0.15) is 17.5 Å². The molecule has 0 unspecified atom stereocenters. The lowest BCUT2D eigenvalue weighted by atomic mass is 10.0. The summed E-state index contributed by atoms with van der Waals surface area (Å²) in [4.78, 5) is 18.6. The summed E-state index contributed by atoms with van der Waals surface area (Å²) in [6.45, 7) is 2.15. The molecule has 9 heteroatoms. The number of anilines is 1. The fourth-order valence-corrected chi connectivity index (χ4v) is 3.39. The van der Waals surface area contributed by atoms with Crippen molar-refractivity contribution < 1.29 is 18.0 Å². The Kier molecular flexibility index (Phi) is 4.34. The molecule has 1 atom stereocenters. The van der Waals surface area contributed by atoms with Crippen molar-refractivity contribution in [2.24, 2.45) is 0 Å². The Morgan fingerprint density at radius 2 is 1.93 bits per heavy atom. The molecule has 0 spiro atoms. The van der Waals surface area contributed by atoms with E-state index in [-0.39, 0.29) is 24.2 Å². The van der Waals surface area contributed by atoms with Crippen LogP contribution in [0.1, 0.15) is 34.7 Å². The van der Waals surface area contributed by atoms with Crippen LogP contribution in [0.4, 0.5) is 18.9 Å². The third-order valence-corrected chi connectivity index (χ3v) is 4.80. The van der Waals surface area contributed by atoms with Crippen LogP contribution in [0.3, 0.4) is 0 Å². The Hall–Kier alpha value is -3.67. The van der Waals surface area contributed by atoms with Gasteiger partial charge in [-0.1, -0.05) is 0 Å². The third-order valence-electron chi connectivity index (χ3n) is 4.80. The molecule has 1 amide bonds. The summed E-state index contributed by atoms with van der Waals surface area (Å²) in [5.41, 5.74) is 1.29. The van der Waals surface area contributed by atoms with Gasteiger partial charge >= 0.3 is 6.18 Å². The Labute approximate surface area is 163 Å². The van der Waals surface area contributed by atoms with E-state index >= 15 is 0 Å². The lowest BCUT2D eigenvalue weighted by Crippen LogP contribution is -2.42. The second-order valence-electron chi connectivity index (χ2n) is 6.70. The van der Waals surface area contributed by atoms with Crippen LogP contribution in [0.25, 0.3) is 11.1 Å². The molecule has 0 saturated heterocycles. The van der Waals surface area contributed by atoms with Gasteiger partial charge in [-0.25, -0.2) is 4.98 Å². The normalized spacial score (nSPS) is 16.4. The molecule has 1 aromatic carbocycles. The van der Waals surface area contributed by atoms with Gasteiger partial charge in [-0.15, -0.1) is 0 Å². The highest BCUT2D eigenvalue weighted by atomic mass is 19.4. The van der Waals surface area contributed by atoms with Crippen LogP contribution >= 0.6 is 0 Å². The molecule has 6 nitrogen and oxygen atoms in total. The second-order valence-corrected chi connectivity index (χ2v) is 6.70. The fourth-order valence-electron chi connectivity index (χ4n) is 3.39. The first-order valence-electron chi connectivity index (χ1n) is 8.72. The van der Waals surface area contributed by atoms with Gasteiger partial charge in [-0.3, -0.25) is 9.48 Å². The van der Waals surface area contributed by atoms with E-state index in [4.69, 9.17) is 5.26 Å². The van der Waals surface area contributed by atoms with Gasteiger partial charge in [-0.2, -0.15) is 23.5 Å². The van der Waals surface area contributed by atoms with Crippen molar-refractivity contribution in [1.29, 1.82) is 5.26 Å². The molecule has 0 saturated carbocycles.